The molecule has 10 heteroatoms. The molecule has 4 N–H and O–H groups in total. The lowest BCUT2D eigenvalue weighted by Gasteiger charge is -2.03. The highest BCUT2D eigenvalue weighted by molar-refractivity contribution is 7.99. The molecule has 0 saturated heterocycles. The molecule has 0 saturated carbocycles. The van der Waals surface area contributed by atoms with Crippen molar-refractivity contribution in [3.63, 3.8) is 0 Å². The van der Waals surface area contributed by atoms with Gasteiger partial charge in [0.25, 0.3) is 0 Å². The third-order valence-corrected chi connectivity index (χ3v) is 4.31. The normalized spacial score (nSPS) is 10.8. The number of thioether (sulfide) groups is 1. The minimum atomic E-state index is -0.151. The summed E-state index contributed by atoms with van der Waals surface area (Å²) in [4.78, 5) is 16.1. The SMILES string of the molecule is COc1ccc(O)c(/C=N/Nc2nc(SCC(=O)Nc3ccccc3)n[nH]2)c1. The van der Waals surface area contributed by atoms with E-state index in [9.17, 15) is 9.90 Å². The maximum atomic E-state index is 11.9. The zero-order valence-corrected chi connectivity index (χ0v) is 15.7. The van der Waals surface area contributed by atoms with Gasteiger partial charge in [-0.25, -0.2) is 10.5 Å². The van der Waals surface area contributed by atoms with Crippen molar-refractivity contribution in [2.24, 2.45) is 5.10 Å². The van der Waals surface area contributed by atoms with E-state index >= 15 is 0 Å². The maximum absolute atomic E-state index is 11.9. The fraction of sp³-hybridized carbons (Fsp3) is 0.111. The smallest absolute Gasteiger partial charge is 0.240 e. The second-order valence-electron chi connectivity index (χ2n) is 5.46. The molecule has 0 aliphatic heterocycles. The summed E-state index contributed by atoms with van der Waals surface area (Å²) in [7, 11) is 1.54. The van der Waals surface area contributed by atoms with Crippen molar-refractivity contribution in [3.8, 4) is 11.5 Å². The van der Waals surface area contributed by atoms with Crippen LogP contribution < -0.4 is 15.5 Å². The number of benzene rings is 2. The number of anilines is 2. The van der Waals surface area contributed by atoms with Crippen LogP contribution in [0.3, 0.4) is 0 Å². The summed E-state index contributed by atoms with van der Waals surface area (Å²) < 4.78 is 5.10. The van der Waals surface area contributed by atoms with Crippen molar-refractivity contribution in [3.05, 3.63) is 54.1 Å². The standard InChI is InChI=1S/C18H18N6O3S/c1-27-14-7-8-15(25)12(9-14)10-19-22-17-21-18(24-23-17)28-11-16(26)20-13-5-3-2-4-6-13/h2-10,25H,11H2,1H3,(H,20,26)(H2,21,22,23,24)/b19-10+. The van der Waals surface area contributed by atoms with Crippen LogP contribution in [0.15, 0.2) is 58.8 Å². The van der Waals surface area contributed by atoms with Crippen molar-refractivity contribution >= 4 is 35.5 Å². The number of nitrogens with one attached hydrogen (secondary N) is 3. The first-order chi connectivity index (χ1) is 13.6. The summed E-state index contributed by atoms with van der Waals surface area (Å²) in [5, 5.41) is 23.7. The van der Waals surface area contributed by atoms with E-state index in [-0.39, 0.29) is 17.4 Å². The number of carbonyl (C=O) groups excluding carboxylic acids is 1. The van der Waals surface area contributed by atoms with Gasteiger partial charge in [-0.3, -0.25) is 4.79 Å². The number of aromatic amines is 1. The highest BCUT2D eigenvalue weighted by atomic mass is 32.2. The molecule has 3 aromatic rings. The molecular weight excluding hydrogens is 380 g/mol. The molecule has 0 fully saturated rings. The van der Waals surface area contributed by atoms with Crippen LogP contribution in [0, 0.1) is 0 Å². The molecule has 0 unspecified atom stereocenters. The molecule has 0 spiro atoms. The van der Waals surface area contributed by atoms with Gasteiger partial charge in [0.15, 0.2) is 0 Å². The van der Waals surface area contributed by atoms with Crippen molar-refractivity contribution in [1.82, 2.24) is 15.2 Å². The second kappa shape index (κ2) is 9.42. The molecule has 2 aromatic carbocycles. The minimum absolute atomic E-state index is 0.0737. The quantitative estimate of drug-likeness (QED) is 0.261. The monoisotopic (exact) mass is 398 g/mol. The number of methoxy groups -OCH3 is 1. The number of H-pyrrole nitrogens is 1. The first-order valence-corrected chi connectivity index (χ1v) is 9.19. The number of hydrazone groups is 1. The molecule has 0 atom stereocenters. The zero-order chi connectivity index (χ0) is 19.8. The van der Waals surface area contributed by atoms with Gasteiger partial charge in [0.2, 0.25) is 17.0 Å². The number of amides is 1. The van der Waals surface area contributed by atoms with Crippen LogP contribution in [-0.2, 0) is 4.79 Å². The Morgan fingerprint density at radius 2 is 2.14 bits per heavy atom. The Morgan fingerprint density at radius 1 is 1.32 bits per heavy atom. The van der Waals surface area contributed by atoms with Crippen LogP contribution in [0.5, 0.6) is 11.5 Å². The average molecular weight is 398 g/mol. The van der Waals surface area contributed by atoms with Gasteiger partial charge >= 0.3 is 0 Å². The van der Waals surface area contributed by atoms with Crippen molar-refractivity contribution < 1.29 is 14.6 Å². The minimum Gasteiger partial charge on any atom is -0.507 e. The topological polar surface area (TPSA) is 125 Å². The molecule has 144 valence electrons. The van der Waals surface area contributed by atoms with Crippen molar-refractivity contribution in [1.29, 1.82) is 0 Å². The van der Waals surface area contributed by atoms with Gasteiger partial charge in [-0.1, -0.05) is 30.0 Å². The number of hydrogen-bond donors (Lipinski definition) is 4. The van der Waals surface area contributed by atoms with E-state index < -0.39 is 0 Å². The van der Waals surface area contributed by atoms with Crippen LogP contribution in [-0.4, -0.2) is 45.3 Å². The third-order valence-electron chi connectivity index (χ3n) is 3.46. The molecule has 0 aliphatic rings. The lowest BCUT2D eigenvalue weighted by Crippen LogP contribution is -2.13. The summed E-state index contributed by atoms with van der Waals surface area (Å²) in [6, 6.07) is 14.0. The summed E-state index contributed by atoms with van der Waals surface area (Å²) in [6.07, 6.45) is 1.43. The number of para-hydroxylation sites is 1. The molecule has 1 aromatic heterocycles. The van der Waals surface area contributed by atoms with Gasteiger partial charge in [0, 0.05) is 11.3 Å². The number of nitrogens with zero attached hydrogens (tertiary/aromatic N) is 3. The number of phenolic OH excluding ortho intramolecular Hbond substituents is 1. The lowest BCUT2D eigenvalue weighted by atomic mass is 10.2. The number of aromatic nitrogens is 3. The summed E-state index contributed by atoms with van der Waals surface area (Å²) >= 11 is 1.19. The predicted molar refractivity (Wildman–Crippen MR) is 108 cm³/mol. The lowest BCUT2D eigenvalue weighted by molar-refractivity contribution is -0.113. The van der Waals surface area contributed by atoms with Crippen molar-refractivity contribution in [2.75, 3.05) is 23.6 Å². The average Bonchev–Trinajstić information content (AvgIpc) is 3.16. The number of carbonyl (C=O) groups is 1. The van der Waals surface area contributed by atoms with Gasteiger partial charge in [0.05, 0.1) is 19.1 Å². The number of ether oxygens (including phenoxy) is 1. The first kappa shape index (κ1) is 19.2. The van der Waals surface area contributed by atoms with E-state index in [0.29, 0.717) is 22.4 Å². The van der Waals surface area contributed by atoms with E-state index in [0.717, 1.165) is 5.69 Å². The van der Waals surface area contributed by atoms with Gasteiger partial charge in [-0.15, -0.1) is 5.10 Å². The summed E-state index contributed by atoms with van der Waals surface area (Å²) in [5.74, 6) is 1.01. The molecule has 0 bridgehead atoms. The second-order valence-corrected chi connectivity index (χ2v) is 6.41. The summed E-state index contributed by atoms with van der Waals surface area (Å²) in [6.45, 7) is 0. The summed E-state index contributed by atoms with van der Waals surface area (Å²) in [5.41, 5.74) is 3.90. The van der Waals surface area contributed by atoms with Gasteiger partial charge in [-0.05, 0) is 30.3 Å². The van der Waals surface area contributed by atoms with Gasteiger partial charge in [-0.2, -0.15) is 10.1 Å². The molecule has 0 aliphatic carbocycles. The highest BCUT2D eigenvalue weighted by Gasteiger charge is 2.08. The Kier molecular flexibility index (Phi) is 6.47. The Labute approximate surface area is 165 Å². The van der Waals surface area contributed by atoms with E-state index in [1.807, 2.05) is 30.3 Å². The number of aromatic hydroxyl groups is 1. The Morgan fingerprint density at radius 3 is 2.93 bits per heavy atom. The largest absolute Gasteiger partial charge is 0.507 e. The third kappa shape index (κ3) is 5.48. The molecular formula is C18H18N6O3S. The molecule has 0 radical (unpaired) electrons. The molecule has 28 heavy (non-hydrogen) atoms. The number of rotatable bonds is 8. The Bertz CT molecular complexity index is 961. The molecule has 3 rings (SSSR count). The van der Waals surface area contributed by atoms with Crippen LogP contribution in [0.1, 0.15) is 5.56 Å². The van der Waals surface area contributed by atoms with Crippen LogP contribution in [0.25, 0.3) is 0 Å². The number of hydrogen-bond acceptors (Lipinski definition) is 8. The highest BCUT2D eigenvalue weighted by Crippen LogP contribution is 2.21. The molecule has 9 nitrogen and oxygen atoms in total. The molecule has 1 amide bonds. The van der Waals surface area contributed by atoms with E-state index in [2.05, 4.69) is 31.0 Å². The number of phenols is 1. The predicted octanol–water partition coefficient (Wildman–Crippen LogP) is 2.70. The Hall–Kier alpha value is -3.53. The van der Waals surface area contributed by atoms with E-state index in [1.54, 1.807) is 19.2 Å². The van der Waals surface area contributed by atoms with Gasteiger partial charge in [0.1, 0.15) is 11.5 Å². The Balaban J connectivity index is 1.49. The zero-order valence-electron chi connectivity index (χ0n) is 14.9. The fourth-order valence-electron chi connectivity index (χ4n) is 2.14. The van der Waals surface area contributed by atoms with Crippen LogP contribution in [0.2, 0.25) is 0 Å². The van der Waals surface area contributed by atoms with E-state index in [1.165, 1.54) is 24.0 Å². The van der Waals surface area contributed by atoms with Crippen LogP contribution >= 0.6 is 11.8 Å². The fourth-order valence-corrected chi connectivity index (χ4v) is 2.73. The maximum Gasteiger partial charge on any atom is 0.240 e. The van der Waals surface area contributed by atoms with Crippen LogP contribution in [0.4, 0.5) is 11.6 Å². The van der Waals surface area contributed by atoms with Crippen molar-refractivity contribution in [2.45, 2.75) is 5.16 Å². The van der Waals surface area contributed by atoms with E-state index in [4.69, 9.17) is 4.74 Å². The first-order valence-electron chi connectivity index (χ1n) is 8.20. The van der Waals surface area contributed by atoms with Gasteiger partial charge < -0.3 is 15.2 Å². The molecule has 1 heterocycles.